The third-order valence-corrected chi connectivity index (χ3v) is 4.13. The third kappa shape index (κ3) is 8.17. The second-order valence-electron chi connectivity index (χ2n) is 6.39. The number of hydrogen-bond acceptors (Lipinski definition) is 4. The minimum Gasteiger partial charge on any atom is -0.459 e. The number of carbonyl (C=O) groups excluding carboxylic acids is 1. The fourth-order valence-corrected chi connectivity index (χ4v) is 2.69. The van der Waals surface area contributed by atoms with Crippen molar-refractivity contribution in [2.45, 2.75) is 26.5 Å². The van der Waals surface area contributed by atoms with Crippen LogP contribution in [0.1, 0.15) is 28.1 Å². The molecule has 30 heavy (non-hydrogen) atoms. The van der Waals surface area contributed by atoms with E-state index in [1.807, 2.05) is 18.9 Å². The molecule has 7 nitrogen and oxygen atoms in total. The normalized spacial score (nSPS) is 11.1. The number of benzene rings is 1. The zero-order chi connectivity index (χ0) is 21.2. The molecule has 1 aromatic carbocycles. The van der Waals surface area contributed by atoms with Gasteiger partial charge in [0.05, 0.1) is 6.26 Å². The Morgan fingerprint density at radius 3 is 2.43 bits per heavy atom. The number of hydrogen-bond donors (Lipinski definition) is 2. The minimum absolute atomic E-state index is 0. The molecule has 1 amide bonds. The molecule has 0 saturated heterocycles. The average Bonchev–Trinajstić information content (AvgIpc) is 3.11. The fourth-order valence-electron chi connectivity index (χ4n) is 2.69. The third-order valence-electron chi connectivity index (χ3n) is 4.13. The summed E-state index contributed by atoms with van der Waals surface area (Å²) in [6, 6.07) is 8.22. The highest BCUT2D eigenvalue weighted by Gasteiger charge is 2.12. The Bertz CT molecular complexity index is 813. The number of nitrogens with zero attached hydrogens (tertiary/aromatic N) is 2. The van der Waals surface area contributed by atoms with Gasteiger partial charge in [-0.2, -0.15) is 8.78 Å². The number of nitrogens with one attached hydrogen (secondary N) is 2. The van der Waals surface area contributed by atoms with Crippen LogP contribution in [-0.2, 0) is 6.54 Å². The number of guanidine groups is 1. The lowest BCUT2D eigenvalue weighted by Gasteiger charge is -2.22. The molecule has 2 rings (SSSR count). The predicted octanol–water partition coefficient (Wildman–Crippen LogP) is 3.63. The first kappa shape index (κ1) is 25.7. The van der Waals surface area contributed by atoms with Gasteiger partial charge in [-0.1, -0.05) is 12.1 Å². The summed E-state index contributed by atoms with van der Waals surface area (Å²) in [5.74, 6) is 0.915. The molecule has 0 radical (unpaired) electrons. The Morgan fingerprint density at radius 2 is 1.87 bits per heavy atom. The van der Waals surface area contributed by atoms with Crippen molar-refractivity contribution in [3.63, 3.8) is 0 Å². The van der Waals surface area contributed by atoms with E-state index in [1.165, 1.54) is 18.4 Å². The number of aliphatic imine (C=N–C) groups is 1. The zero-order valence-corrected chi connectivity index (χ0v) is 19.5. The maximum atomic E-state index is 12.2. The quantitative estimate of drug-likeness (QED) is 0.222. The van der Waals surface area contributed by atoms with Crippen LogP contribution in [0.15, 0.2) is 46.0 Å². The number of rotatable bonds is 9. The van der Waals surface area contributed by atoms with Gasteiger partial charge < -0.3 is 24.7 Å². The van der Waals surface area contributed by atoms with Crippen molar-refractivity contribution in [3.8, 4) is 5.75 Å². The first-order valence-electron chi connectivity index (χ1n) is 9.18. The van der Waals surface area contributed by atoms with Gasteiger partial charge >= 0.3 is 6.61 Å². The Labute approximate surface area is 191 Å². The lowest BCUT2D eigenvalue weighted by molar-refractivity contribution is -0.0498. The molecule has 0 spiro atoms. The first-order valence-corrected chi connectivity index (χ1v) is 9.18. The molecule has 0 fully saturated rings. The fraction of sp³-hybridized carbons (Fsp3) is 0.400. The monoisotopic (exact) mass is 536 g/mol. The van der Waals surface area contributed by atoms with Gasteiger partial charge in [-0.15, -0.1) is 24.0 Å². The molecule has 0 saturated carbocycles. The van der Waals surface area contributed by atoms with Crippen LogP contribution >= 0.6 is 24.0 Å². The first-order chi connectivity index (χ1) is 13.9. The summed E-state index contributed by atoms with van der Waals surface area (Å²) in [7, 11) is 3.56. The van der Waals surface area contributed by atoms with Gasteiger partial charge in [0, 0.05) is 39.3 Å². The Morgan fingerprint density at radius 1 is 1.20 bits per heavy atom. The van der Waals surface area contributed by atoms with Crippen molar-refractivity contribution < 1.29 is 22.7 Å². The average molecular weight is 536 g/mol. The van der Waals surface area contributed by atoms with Crippen LogP contribution in [-0.4, -0.2) is 50.6 Å². The van der Waals surface area contributed by atoms with Gasteiger partial charge in [0.25, 0.3) is 5.91 Å². The summed E-state index contributed by atoms with van der Waals surface area (Å²) >= 11 is 0. The summed E-state index contributed by atoms with van der Waals surface area (Å²) < 4.78 is 33.9. The molecule has 0 unspecified atom stereocenters. The molecule has 2 aromatic rings. The lowest BCUT2D eigenvalue weighted by Crippen LogP contribution is -2.39. The summed E-state index contributed by atoms with van der Waals surface area (Å²) in [5, 5.41) is 6.04. The molecule has 0 aliphatic carbocycles. The number of amides is 1. The molecule has 1 heterocycles. The van der Waals surface area contributed by atoms with Crippen LogP contribution in [0.5, 0.6) is 5.75 Å². The number of carbonyl (C=O) groups is 1. The van der Waals surface area contributed by atoms with Crippen LogP contribution in [0, 0.1) is 6.92 Å². The largest absolute Gasteiger partial charge is 0.459 e. The van der Waals surface area contributed by atoms with Crippen LogP contribution in [0.3, 0.4) is 0 Å². The maximum absolute atomic E-state index is 12.2. The summed E-state index contributed by atoms with van der Waals surface area (Å²) in [5.41, 5.74) is 1.73. The highest BCUT2D eigenvalue weighted by Crippen LogP contribution is 2.15. The van der Waals surface area contributed by atoms with E-state index in [0.717, 1.165) is 11.1 Å². The Balaban J connectivity index is 0.00000450. The molecule has 0 atom stereocenters. The van der Waals surface area contributed by atoms with Gasteiger partial charge in [0.2, 0.25) is 0 Å². The molecular weight excluding hydrogens is 509 g/mol. The topological polar surface area (TPSA) is 79.1 Å². The van der Waals surface area contributed by atoms with E-state index in [9.17, 15) is 13.6 Å². The molecule has 2 N–H and O–H groups in total. The number of aryl methyl sites for hydroxylation is 1. The number of halogens is 3. The summed E-state index contributed by atoms with van der Waals surface area (Å²) in [6.45, 7) is 0.648. The molecule has 0 aliphatic heterocycles. The van der Waals surface area contributed by atoms with Gasteiger partial charge in [-0.3, -0.25) is 9.79 Å². The Kier molecular flexibility index (Phi) is 11.2. The number of alkyl halides is 2. The van der Waals surface area contributed by atoms with Crippen LogP contribution < -0.4 is 15.4 Å². The Hall–Kier alpha value is -2.37. The van der Waals surface area contributed by atoms with Gasteiger partial charge in [-0.05, 0) is 37.1 Å². The van der Waals surface area contributed by atoms with Crippen LogP contribution in [0.25, 0.3) is 0 Å². The zero-order valence-electron chi connectivity index (χ0n) is 17.2. The molecule has 1 aromatic heterocycles. The molecular formula is C20H27F2IN4O3. The van der Waals surface area contributed by atoms with Crippen molar-refractivity contribution in [2.75, 3.05) is 27.2 Å². The van der Waals surface area contributed by atoms with E-state index in [2.05, 4.69) is 20.4 Å². The van der Waals surface area contributed by atoms with Gasteiger partial charge in [0.15, 0.2) is 11.7 Å². The summed E-state index contributed by atoms with van der Waals surface area (Å²) in [4.78, 5) is 18.1. The number of furan rings is 1. The second-order valence-corrected chi connectivity index (χ2v) is 6.39. The van der Waals surface area contributed by atoms with E-state index in [-0.39, 0.29) is 35.6 Å². The van der Waals surface area contributed by atoms with Crippen LogP contribution in [0.4, 0.5) is 8.78 Å². The molecule has 10 heteroatoms. The van der Waals surface area contributed by atoms with Crippen molar-refractivity contribution >= 4 is 35.8 Å². The molecule has 0 bridgehead atoms. The van der Waals surface area contributed by atoms with Crippen molar-refractivity contribution in [3.05, 3.63) is 53.5 Å². The van der Waals surface area contributed by atoms with Crippen molar-refractivity contribution in [1.82, 2.24) is 15.5 Å². The van der Waals surface area contributed by atoms with E-state index in [4.69, 9.17) is 4.42 Å². The predicted molar refractivity (Wildman–Crippen MR) is 122 cm³/mol. The van der Waals surface area contributed by atoms with E-state index in [1.54, 1.807) is 25.2 Å². The highest BCUT2D eigenvalue weighted by molar-refractivity contribution is 14.0. The highest BCUT2D eigenvalue weighted by atomic mass is 127. The second kappa shape index (κ2) is 13.0. The molecule has 166 valence electrons. The number of ether oxygens (including phenoxy) is 1. The minimum atomic E-state index is -2.83. The lowest BCUT2D eigenvalue weighted by atomic mass is 10.2. The maximum Gasteiger partial charge on any atom is 0.387 e. The van der Waals surface area contributed by atoms with Crippen molar-refractivity contribution in [1.29, 1.82) is 0 Å². The van der Waals surface area contributed by atoms with Gasteiger partial charge in [0.1, 0.15) is 5.75 Å². The van der Waals surface area contributed by atoms with E-state index < -0.39 is 6.61 Å². The smallest absolute Gasteiger partial charge is 0.387 e. The van der Waals surface area contributed by atoms with Gasteiger partial charge in [-0.25, -0.2) is 0 Å². The van der Waals surface area contributed by atoms with Crippen LogP contribution in [0.2, 0.25) is 0 Å². The standard InChI is InChI=1S/C20H26F2N4O3.HI/c1-14-9-12-28-17(14)18(27)24-10-4-11-25-20(23-2)26(3)13-15-5-7-16(8-6-15)29-19(21)22;/h5-9,12,19H,4,10-11,13H2,1-3H3,(H,23,25)(H,24,27);1H. The van der Waals surface area contributed by atoms with Crippen molar-refractivity contribution in [2.24, 2.45) is 4.99 Å². The van der Waals surface area contributed by atoms with E-state index >= 15 is 0 Å². The SMILES string of the molecule is CN=C(NCCCNC(=O)c1occc1C)N(C)Cc1ccc(OC(F)F)cc1.I. The molecule has 0 aliphatic rings. The summed E-state index contributed by atoms with van der Waals surface area (Å²) in [6.07, 6.45) is 2.20. The van der Waals surface area contributed by atoms with E-state index in [0.29, 0.717) is 37.8 Å².